The van der Waals surface area contributed by atoms with Gasteiger partial charge in [-0.05, 0) is 36.8 Å². The molecule has 1 aliphatic rings. The van der Waals surface area contributed by atoms with Crippen LogP contribution in [0.5, 0.6) is 11.5 Å². The number of benzene rings is 2. The van der Waals surface area contributed by atoms with Crippen molar-refractivity contribution in [3.05, 3.63) is 88.5 Å². The van der Waals surface area contributed by atoms with Crippen LogP contribution in [0.1, 0.15) is 33.0 Å². The fourth-order valence-electron chi connectivity index (χ4n) is 3.62. The molecule has 0 saturated carbocycles. The number of esters is 1. The zero-order valence-electron chi connectivity index (χ0n) is 19.5. The molecule has 3 aromatic rings. The number of aryl methyl sites for hydroxylation is 1. The second-order valence-corrected chi connectivity index (χ2v) is 7.79. The van der Waals surface area contributed by atoms with Gasteiger partial charge in [-0.15, -0.1) is 0 Å². The Balaban J connectivity index is 1.56. The van der Waals surface area contributed by atoms with Gasteiger partial charge in [0.05, 0.1) is 20.8 Å². The quantitative estimate of drug-likeness (QED) is 0.297. The van der Waals surface area contributed by atoms with E-state index < -0.39 is 17.9 Å². The molecular formula is C26H24N2O7. The number of rotatable bonds is 8. The number of furan rings is 1. The van der Waals surface area contributed by atoms with Crippen LogP contribution in [0.4, 0.5) is 4.79 Å². The monoisotopic (exact) mass is 476 g/mol. The number of hydrogen-bond donors (Lipinski definition) is 1. The van der Waals surface area contributed by atoms with E-state index in [0.717, 1.165) is 16.0 Å². The second-order valence-electron chi connectivity index (χ2n) is 7.79. The van der Waals surface area contributed by atoms with E-state index in [1.165, 1.54) is 32.4 Å². The molecule has 1 fully saturated rings. The topological polar surface area (TPSA) is 107 Å². The van der Waals surface area contributed by atoms with Gasteiger partial charge in [0, 0.05) is 5.56 Å². The minimum atomic E-state index is -0.648. The number of ether oxygens (including phenoxy) is 3. The molecule has 0 spiro atoms. The van der Waals surface area contributed by atoms with Crippen molar-refractivity contribution in [2.75, 3.05) is 14.2 Å². The van der Waals surface area contributed by atoms with Crippen LogP contribution in [-0.4, -0.2) is 37.0 Å². The zero-order chi connectivity index (χ0) is 24.9. The summed E-state index contributed by atoms with van der Waals surface area (Å²) in [6, 6.07) is 15.5. The maximum atomic E-state index is 13.0. The van der Waals surface area contributed by atoms with Crippen LogP contribution in [0, 0.1) is 6.92 Å². The molecule has 1 saturated heterocycles. The number of hydrogen-bond acceptors (Lipinski definition) is 7. The van der Waals surface area contributed by atoms with Crippen molar-refractivity contribution in [2.45, 2.75) is 20.1 Å². The lowest BCUT2D eigenvalue weighted by molar-refractivity contribution is -0.123. The van der Waals surface area contributed by atoms with Gasteiger partial charge >= 0.3 is 12.0 Å². The highest BCUT2D eigenvalue weighted by Gasteiger charge is 2.34. The molecule has 3 amide bonds. The Hall–Kier alpha value is -4.53. The first kappa shape index (κ1) is 23.6. The summed E-state index contributed by atoms with van der Waals surface area (Å²) < 4.78 is 21.5. The van der Waals surface area contributed by atoms with Gasteiger partial charge in [-0.25, -0.2) is 9.59 Å². The summed E-state index contributed by atoms with van der Waals surface area (Å²) in [7, 11) is 2.76. The van der Waals surface area contributed by atoms with Gasteiger partial charge in [0.15, 0.2) is 11.5 Å². The van der Waals surface area contributed by atoms with E-state index in [-0.39, 0.29) is 23.8 Å². The van der Waals surface area contributed by atoms with Gasteiger partial charge in [-0.3, -0.25) is 9.69 Å². The molecule has 9 heteroatoms. The summed E-state index contributed by atoms with van der Waals surface area (Å²) in [6.07, 6.45) is 1.54. The first-order chi connectivity index (χ1) is 16.9. The zero-order valence-corrected chi connectivity index (χ0v) is 19.5. The Morgan fingerprint density at radius 2 is 1.89 bits per heavy atom. The van der Waals surface area contributed by atoms with Gasteiger partial charge < -0.3 is 23.9 Å². The summed E-state index contributed by atoms with van der Waals surface area (Å²) in [4.78, 5) is 38.0. The minimum Gasteiger partial charge on any atom is -0.493 e. The highest BCUT2D eigenvalue weighted by Crippen LogP contribution is 2.34. The largest absolute Gasteiger partial charge is 0.493 e. The lowest BCUT2D eigenvalue weighted by atomic mass is 10.1. The molecule has 2 heterocycles. The SMILES string of the molecule is COC(=O)c1ccc(CN2C(=O)N/C(=C\c3cccc(OC)c3OCc3cccc(C)c3)C2=O)o1. The number of carbonyl (C=O) groups is 3. The van der Waals surface area contributed by atoms with Gasteiger partial charge in [0.25, 0.3) is 5.91 Å². The van der Waals surface area contributed by atoms with E-state index in [2.05, 4.69) is 10.1 Å². The molecule has 4 rings (SSSR count). The van der Waals surface area contributed by atoms with Crippen molar-refractivity contribution in [1.82, 2.24) is 10.2 Å². The third kappa shape index (κ3) is 5.19. The van der Waals surface area contributed by atoms with E-state index in [0.29, 0.717) is 23.7 Å². The fraction of sp³-hybridized carbons (Fsp3) is 0.192. The van der Waals surface area contributed by atoms with E-state index in [4.69, 9.17) is 13.9 Å². The third-order valence-corrected chi connectivity index (χ3v) is 5.32. The first-order valence-electron chi connectivity index (χ1n) is 10.8. The fourth-order valence-corrected chi connectivity index (χ4v) is 3.62. The van der Waals surface area contributed by atoms with Crippen molar-refractivity contribution in [2.24, 2.45) is 0 Å². The predicted octanol–water partition coefficient (Wildman–Crippen LogP) is 4.06. The van der Waals surface area contributed by atoms with Crippen molar-refractivity contribution in [3.8, 4) is 11.5 Å². The molecule has 9 nitrogen and oxygen atoms in total. The maximum Gasteiger partial charge on any atom is 0.373 e. The van der Waals surface area contributed by atoms with Gasteiger partial charge in [-0.2, -0.15) is 0 Å². The predicted molar refractivity (Wildman–Crippen MR) is 126 cm³/mol. The van der Waals surface area contributed by atoms with Crippen molar-refractivity contribution in [3.63, 3.8) is 0 Å². The number of urea groups is 1. The van der Waals surface area contributed by atoms with E-state index >= 15 is 0 Å². The van der Waals surface area contributed by atoms with Crippen LogP contribution in [0.2, 0.25) is 0 Å². The number of nitrogens with zero attached hydrogens (tertiary/aromatic N) is 1. The summed E-state index contributed by atoms with van der Waals surface area (Å²) >= 11 is 0. The normalized spacial score (nSPS) is 14.3. The van der Waals surface area contributed by atoms with Crippen LogP contribution in [0.25, 0.3) is 6.08 Å². The van der Waals surface area contributed by atoms with Crippen LogP contribution >= 0.6 is 0 Å². The lowest BCUT2D eigenvalue weighted by Crippen LogP contribution is -2.30. The number of amides is 3. The highest BCUT2D eigenvalue weighted by atomic mass is 16.5. The molecular weight excluding hydrogens is 452 g/mol. The van der Waals surface area contributed by atoms with E-state index in [1.807, 2.05) is 31.2 Å². The summed E-state index contributed by atoms with van der Waals surface area (Å²) in [5.74, 6) is -0.00986. The van der Waals surface area contributed by atoms with Crippen molar-refractivity contribution >= 4 is 24.0 Å². The molecule has 0 unspecified atom stereocenters. The Bertz CT molecular complexity index is 1310. The standard InChI is InChI=1S/C26H24N2O7/c1-16-6-4-7-17(12-16)15-34-23-18(8-5-9-21(23)32-2)13-20-24(29)28(26(31)27-20)14-19-10-11-22(35-19)25(30)33-3/h4-13H,14-15H2,1-3H3,(H,27,31)/b20-13-. The second kappa shape index (κ2) is 10.2. The molecule has 35 heavy (non-hydrogen) atoms. The number of para-hydroxylation sites is 1. The van der Waals surface area contributed by atoms with Crippen LogP contribution in [-0.2, 0) is 22.7 Å². The third-order valence-electron chi connectivity index (χ3n) is 5.32. The van der Waals surface area contributed by atoms with Crippen LogP contribution in [0.15, 0.2) is 64.7 Å². The smallest absolute Gasteiger partial charge is 0.373 e. The summed E-state index contributed by atoms with van der Waals surface area (Å²) in [6.45, 7) is 2.15. The minimum absolute atomic E-state index is 0.0166. The Morgan fingerprint density at radius 3 is 2.63 bits per heavy atom. The molecule has 1 aliphatic heterocycles. The Morgan fingerprint density at radius 1 is 1.09 bits per heavy atom. The molecule has 1 N–H and O–H groups in total. The molecule has 2 aromatic carbocycles. The molecule has 0 bridgehead atoms. The number of methoxy groups -OCH3 is 2. The molecule has 1 aromatic heterocycles. The average molecular weight is 476 g/mol. The lowest BCUT2D eigenvalue weighted by Gasteiger charge is -2.14. The number of imide groups is 1. The Labute approximate surface area is 201 Å². The number of carbonyl (C=O) groups excluding carboxylic acids is 3. The highest BCUT2D eigenvalue weighted by molar-refractivity contribution is 6.14. The molecule has 180 valence electrons. The maximum absolute atomic E-state index is 13.0. The molecule has 0 aliphatic carbocycles. The summed E-state index contributed by atoms with van der Waals surface area (Å²) in [5, 5.41) is 2.58. The van der Waals surface area contributed by atoms with Crippen LogP contribution in [0.3, 0.4) is 0 Å². The van der Waals surface area contributed by atoms with Gasteiger partial charge in [0.2, 0.25) is 5.76 Å². The van der Waals surface area contributed by atoms with Gasteiger partial charge in [-0.1, -0.05) is 42.0 Å². The van der Waals surface area contributed by atoms with Crippen molar-refractivity contribution < 1.29 is 33.0 Å². The summed E-state index contributed by atoms with van der Waals surface area (Å²) in [5.41, 5.74) is 2.73. The van der Waals surface area contributed by atoms with E-state index in [9.17, 15) is 14.4 Å². The van der Waals surface area contributed by atoms with Gasteiger partial charge in [0.1, 0.15) is 18.1 Å². The van der Waals surface area contributed by atoms with E-state index in [1.54, 1.807) is 18.2 Å². The Kier molecular flexibility index (Phi) is 6.86. The van der Waals surface area contributed by atoms with Crippen molar-refractivity contribution in [1.29, 1.82) is 0 Å². The number of nitrogens with one attached hydrogen (secondary N) is 1. The molecule has 0 atom stereocenters. The average Bonchev–Trinajstić information content (AvgIpc) is 3.43. The molecule has 0 radical (unpaired) electrons. The van der Waals surface area contributed by atoms with Crippen LogP contribution < -0.4 is 14.8 Å². The first-order valence-corrected chi connectivity index (χ1v) is 10.8.